The molecular weight excluding hydrogens is 270 g/mol. The average Bonchev–Trinajstić information content (AvgIpc) is 2.45. The van der Waals surface area contributed by atoms with E-state index in [-0.39, 0.29) is 11.5 Å². The fraction of sp³-hybridized carbons (Fsp3) is 0.867. The maximum atomic E-state index is 12.1. The SMILES string of the molecule is CC(C)(C)/C(=N/C(=O)OC1CCNCC1)N1CCOCC1. The maximum Gasteiger partial charge on any atom is 0.435 e. The van der Waals surface area contributed by atoms with Crippen LogP contribution in [0.5, 0.6) is 0 Å². The lowest BCUT2D eigenvalue weighted by molar-refractivity contribution is 0.0632. The third-order valence-corrected chi connectivity index (χ3v) is 3.73. The predicted molar refractivity (Wildman–Crippen MR) is 81.7 cm³/mol. The number of amides is 1. The number of carbonyl (C=O) groups is 1. The van der Waals surface area contributed by atoms with E-state index < -0.39 is 6.09 Å². The summed E-state index contributed by atoms with van der Waals surface area (Å²) in [6.07, 6.45) is 1.26. The first-order chi connectivity index (χ1) is 9.97. The predicted octanol–water partition coefficient (Wildman–Crippen LogP) is 1.65. The zero-order valence-electron chi connectivity index (χ0n) is 13.4. The molecule has 1 amide bonds. The van der Waals surface area contributed by atoms with E-state index in [2.05, 4.69) is 36.0 Å². The van der Waals surface area contributed by atoms with Crippen LogP contribution in [0.2, 0.25) is 0 Å². The van der Waals surface area contributed by atoms with Gasteiger partial charge in [-0.25, -0.2) is 4.79 Å². The molecule has 0 radical (unpaired) electrons. The molecule has 0 spiro atoms. The van der Waals surface area contributed by atoms with E-state index in [4.69, 9.17) is 9.47 Å². The van der Waals surface area contributed by atoms with Crippen LogP contribution in [-0.4, -0.2) is 62.3 Å². The number of ether oxygens (including phenoxy) is 2. The lowest BCUT2D eigenvalue weighted by Crippen LogP contribution is -2.46. The van der Waals surface area contributed by atoms with Gasteiger partial charge in [0.25, 0.3) is 0 Å². The first-order valence-electron chi connectivity index (χ1n) is 7.80. The van der Waals surface area contributed by atoms with Gasteiger partial charge in [-0.05, 0) is 25.9 Å². The van der Waals surface area contributed by atoms with Gasteiger partial charge < -0.3 is 19.7 Å². The number of morpholine rings is 1. The Morgan fingerprint density at radius 2 is 1.86 bits per heavy atom. The number of piperidine rings is 1. The Bertz CT molecular complexity index is 378. The lowest BCUT2D eigenvalue weighted by Gasteiger charge is -2.35. The van der Waals surface area contributed by atoms with E-state index >= 15 is 0 Å². The van der Waals surface area contributed by atoms with Gasteiger partial charge in [-0.3, -0.25) is 0 Å². The number of hydrogen-bond donors (Lipinski definition) is 1. The van der Waals surface area contributed by atoms with Crippen molar-refractivity contribution < 1.29 is 14.3 Å². The number of nitrogens with zero attached hydrogens (tertiary/aromatic N) is 2. The molecule has 0 bridgehead atoms. The molecule has 6 heteroatoms. The highest BCUT2D eigenvalue weighted by atomic mass is 16.6. The van der Waals surface area contributed by atoms with Gasteiger partial charge in [0.2, 0.25) is 0 Å². The quantitative estimate of drug-likeness (QED) is 0.589. The van der Waals surface area contributed by atoms with Gasteiger partial charge in [0, 0.05) is 18.5 Å². The number of carbonyl (C=O) groups excluding carboxylic acids is 1. The molecule has 0 unspecified atom stereocenters. The minimum absolute atomic E-state index is 0.00610. The van der Waals surface area contributed by atoms with Crippen molar-refractivity contribution in [3.05, 3.63) is 0 Å². The van der Waals surface area contributed by atoms with E-state index in [9.17, 15) is 4.79 Å². The summed E-state index contributed by atoms with van der Waals surface area (Å²) in [5, 5.41) is 3.26. The Morgan fingerprint density at radius 3 is 2.43 bits per heavy atom. The Morgan fingerprint density at radius 1 is 1.24 bits per heavy atom. The van der Waals surface area contributed by atoms with Crippen molar-refractivity contribution >= 4 is 11.9 Å². The Labute approximate surface area is 126 Å². The Hall–Kier alpha value is -1.14. The van der Waals surface area contributed by atoms with E-state index in [1.54, 1.807) is 0 Å². The monoisotopic (exact) mass is 297 g/mol. The van der Waals surface area contributed by atoms with Gasteiger partial charge in [0.1, 0.15) is 11.9 Å². The van der Waals surface area contributed by atoms with Gasteiger partial charge in [-0.2, -0.15) is 4.99 Å². The molecule has 0 aromatic rings. The van der Waals surface area contributed by atoms with Gasteiger partial charge >= 0.3 is 6.09 Å². The third kappa shape index (κ3) is 4.97. The summed E-state index contributed by atoms with van der Waals surface area (Å²) in [5.74, 6) is 0.796. The zero-order valence-corrected chi connectivity index (χ0v) is 13.4. The van der Waals surface area contributed by atoms with Crippen LogP contribution in [0.4, 0.5) is 4.79 Å². The van der Waals surface area contributed by atoms with Gasteiger partial charge in [0.05, 0.1) is 13.2 Å². The normalized spacial score (nSPS) is 22.2. The highest BCUT2D eigenvalue weighted by Gasteiger charge is 2.28. The van der Waals surface area contributed by atoms with Crippen LogP contribution in [-0.2, 0) is 9.47 Å². The molecule has 0 aromatic carbocycles. The van der Waals surface area contributed by atoms with Crippen LogP contribution in [0.3, 0.4) is 0 Å². The van der Waals surface area contributed by atoms with Crippen molar-refractivity contribution in [2.75, 3.05) is 39.4 Å². The van der Waals surface area contributed by atoms with Crippen LogP contribution < -0.4 is 5.32 Å². The van der Waals surface area contributed by atoms with Crippen molar-refractivity contribution in [2.24, 2.45) is 10.4 Å². The van der Waals surface area contributed by atoms with Crippen LogP contribution >= 0.6 is 0 Å². The van der Waals surface area contributed by atoms with Crippen molar-refractivity contribution in [1.29, 1.82) is 0 Å². The first-order valence-corrected chi connectivity index (χ1v) is 7.80. The standard InChI is InChI=1S/C15H27N3O3/c1-15(2,3)13(18-8-10-20-11-9-18)17-14(19)21-12-4-6-16-7-5-12/h12,16H,4-11H2,1-3H3/b17-13-. The molecule has 2 saturated heterocycles. The molecule has 2 aliphatic rings. The highest BCUT2D eigenvalue weighted by molar-refractivity contribution is 5.95. The average molecular weight is 297 g/mol. The molecule has 0 aromatic heterocycles. The number of hydrogen-bond acceptors (Lipinski definition) is 4. The van der Waals surface area contributed by atoms with E-state index in [0.29, 0.717) is 13.2 Å². The fourth-order valence-electron chi connectivity index (χ4n) is 2.66. The summed E-state index contributed by atoms with van der Waals surface area (Å²) in [4.78, 5) is 18.5. The number of amidine groups is 1. The molecule has 6 nitrogen and oxygen atoms in total. The second kappa shape index (κ2) is 7.22. The van der Waals surface area contributed by atoms with Crippen molar-refractivity contribution in [3.8, 4) is 0 Å². The number of rotatable bonds is 1. The number of aliphatic imine (C=N–C) groups is 1. The van der Waals surface area contributed by atoms with Gasteiger partial charge in [-0.15, -0.1) is 0 Å². The van der Waals surface area contributed by atoms with Crippen molar-refractivity contribution in [2.45, 2.75) is 39.7 Å². The first kappa shape index (κ1) is 16.2. The molecule has 120 valence electrons. The fourth-order valence-corrected chi connectivity index (χ4v) is 2.66. The highest BCUT2D eigenvalue weighted by Crippen LogP contribution is 2.21. The maximum absolute atomic E-state index is 12.1. The third-order valence-electron chi connectivity index (χ3n) is 3.73. The summed E-state index contributed by atoms with van der Waals surface area (Å²) in [6, 6.07) is 0. The molecule has 1 N–H and O–H groups in total. The summed E-state index contributed by atoms with van der Waals surface area (Å²) >= 11 is 0. The van der Waals surface area contributed by atoms with Gasteiger partial charge in [0.15, 0.2) is 0 Å². The van der Waals surface area contributed by atoms with Crippen LogP contribution in [0.25, 0.3) is 0 Å². The molecule has 0 atom stereocenters. The second-order valence-corrected chi connectivity index (χ2v) is 6.62. The second-order valence-electron chi connectivity index (χ2n) is 6.62. The van der Waals surface area contributed by atoms with Crippen molar-refractivity contribution in [3.63, 3.8) is 0 Å². The Kier molecular flexibility index (Phi) is 5.58. The molecular formula is C15H27N3O3. The minimum Gasteiger partial charge on any atom is -0.444 e. The largest absolute Gasteiger partial charge is 0.444 e. The summed E-state index contributed by atoms with van der Waals surface area (Å²) in [5.41, 5.74) is -0.190. The topological polar surface area (TPSA) is 63.2 Å². The van der Waals surface area contributed by atoms with Gasteiger partial charge in [-0.1, -0.05) is 20.8 Å². The summed E-state index contributed by atoms with van der Waals surface area (Å²) in [7, 11) is 0. The summed E-state index contributed by atoms with van der Waals surface area (Å²) < 4.78 is 10.9. The van der Waals surface area contributed by atoms with Crippen molar-refractivity contribution in [1.82, 2.24) is 10.2 Å². The van der Waals surface area contributed by atoms with E-state index in [1.165, 1.54) is 0 Å². The molecule has 21 heavy (non-hydrogen) atoms. The van der Waals surface area contributed by atoms with E-state index in [0.717, 1.165) is 44.9 Å². The van der Waals surface area contributed by atoms with Crippen LogP contribution in [0.1, 0.15) is 33.6 Å². The molecule has 0 aliphatic carbocycles. The van der Waals surface area contributed by atoms with Crippen LogP contribution in [0, 0.1) is 5.41 Å². The molecule has 2 fully saturated rings. The Balaban J connectivity index is 2.02. The van der Waals surface area contributed by atoms with E-state index in [1.807, 2.05) is 0 Å². The smallest absolute Gasteiger partial charge is 0.435 e. The molecule has 0 saturated carbocycles. The molecule has 2 aliphatic heterocycles. The molecule has 2 heterocycles. The number of nitrogens with one attached hydrogen (secondary N) is 1. The minimum atomic E-state index is -0.460. The lowest BCUT2D eigenvalue weighted by atomic mass is 9.93. The zero-order chi connectivity index (χ0) is 15.3. The summed E-state index contributed by atoms with van der Waals surface area (Å²) in [6.45, 7) is 10.9. The van der Waals surface area contributed by atoms with Crippen LogP contribution in [0.15, 0.2) is 4.99 Å². The molecule has 2 rings (SSSR count).